The van der Waals surface area contributed by atoms with Gasteiger partial charge in [-0.1, -0.05) is 54.6 Å². The standard InChI is InChI=1S/C32H28N3O4P/c36-32(37)24-12-13-27-28(17-24)35(18-22-14-15-38-19-22)30(33-27)16-21-8-10-23(11-9-21)26-5-3-7-31(34-26)39-20-25-4-1-2-6-29(25)40/h1-13,17-18H,14-16,19-20,40H2,(H,36,37)/b22-18-. The summed E-state index contributed by atoms with van der Waals surface area (Å²) in [6.07, 6.45) is 3.49. The molecule has 1 atom stereocenters. The third-order valence-electron chi connectivity index (χ3n) is 6.94. The number of nitrogens with zero attached hydrogens (tertiary/aromatic N) is 3. The normalized spacial score (nSPS) is 14.2. The Morgan fingerprint density at radius 1 is 1.02 bits per heavy atom. The van der Waals surface area contributed by atoms with Crippen molar-refractivity contribution in [3.05, 3.63) is 113 Å². The first-order valence-corrected chi connectivity index (χ1v) is 13.7. The van der Waals surface area contributed by atoms with Crippen molar-refractivity contribution in [3.8, 4) is 17.1 Å². The zero-order chi connectivity index (χ0) is 27.5. The first-order chi connectivity index (χ1) is 19.5. The molecule has 200 valence electrons. The minimum absolute atomic E-state index is 0.238. The highest BCUT2D eigenvalue weighted by molar-refractivity contribution is 7.27. The van der Waals surface area contributed by atoms with Crippen LogP contribution in [-0.4, -0.2) is 38.8 Å². The van der Waals surface area contributed by atoms with E-state index in [2.05, 4.69) is 33.5 Å². The molecule has 3 heterocycles. The summed E-state index contributed by atoms with van der Waals surface area (Å²) < 4.78 is 13.5. The lowest BCUT2D eigenvalue weighted by Gasteiger charge is -2.10. The van der Waals surface area contributed by atoms with Gasteiger partial charge < -0.3 is 19.1 Å². The number of ether oxygens (including phenoxy) is 2. The van der Waals surface area contributed by atoms with Crippen LogP contribution in [0.2, 0.25) is 0 Å². The largest absolute Gasteiger partial charge is 0.478 e. The molecule has 0 amide bonds. The van der Waals surface area contributed by atoms with Crippen molar-refractivity contribution in [2.45, 2.75) is 19.4 Å². The van der Waals surface area contributed by atoms with Crippen LogP contribution in [0.15, 0.2) is 90.5 Å². The number of hydrogen-bond acceptors (Lipinski definition) is 5. The second-order valence-corrected chi connectivity index (χ2v) is 10.3. The van der Waals surface area contributed by atoms with Gasteiger partial charge in [0.2, 0.25) is 5.88 Å². The smallest absolute Gasteiger partial charge is 0.335 e. The number of fused-ring (bicyclic) bond motifs is 1. The van der Waals surface area contributed by atoms with E-state index < -0.39 is 5.97 Å². The number of aromatic carboxylic acids is 1. The van der Waals surface area contributed by atoms with Gasteiger partial charge in [0.25, 0.3) is 0 Å². The molecule has 0 saturated carbocycles. The van der Waals surface area contributed by atoms with Gasteiger partial charge in [-0.15, -0.1) is 9.24 Å². The highest BCUT2D eigenvalue weighted by Crippen LogP contribution is 2.25. The van der Waals surface area contributed by atoms with E-state index in [0.717, 1.165) is 56.5 Å². The van der Waals surface area contributed by atoms with E-state index in [-0.39, 0.29) is 5.56 Å². The quantitative estimate of drug-likeness (QED) is 0.249. The van der Waals surface area contributed by atoms with E-state index in [1.54, 1.807) is 18.2 Å². The second kappa shape index (κ2) is 11.4. The third kappa shape index (κ3) is 5.67. The van der Waals surface area contributed by atoms with Crippen LogP contribution in [0.4, 0.5) is 0 Å². The van der Waals surface area contributed by atoms with Gasteiger partial charge in [-0.3, -0.25) is 0 Å². The van der Waals surface area contributed by atoms with Gasteiger partial charge in [0.1, 0.15) is 12.4 Å². The Morgan fingerprint density at radius 2 is 1.88 bits per heavy atom. The molecule has 1 aliphatic heterocycles. The Morgan fingerprint density at radius 3 is 2.65 bits per heavy atom. The SMILES string of the molecule is O=C(O)c1ccc2nc(Cc3ccc(-c4cccc(OCc5ccccc5P)n4)cc3)n(/C=C3/CCOC3)c2c1. The summed E-state index contributed by atoms with van der Waals surface area (Å²) in [4.78, 5) is 21.2. The lowest BCUT2D eigenvalue weighted by molar-refractivity contribution is 0.0697. The first-order valence-electron chi connectivity index (χ1n) is 13.1. The van der Waals surface area contributed by atoms with Gasteiger partial charge >= 0.3 is 5.97 Å². The lowest BCUT2D eigenvalue weighted by Crippen LogP contribution is -2.06. The van der Waals surface area contributed by atoms with E-state index >= 15 is 0 Å². The number of carboxylic acid groups (broad SMARTS) is 1. The second-order valence-electron chi connectivity index (χ2n) is 9.72. The molecule has 1 aliphatic rings. The number of imidazole rings is 1. The molecule has 0 spiro atoms. The van der Waals surface area contributed by atoms with Gasteiger partial charge in [-0.2, -0.15) is 0 Å². The fourth-order valence-corrected chi connectivity index (χ4v) is 5.05. The minimum Gasteiger partial charge on any atom is -0.478 e. The number of benzene rings is 3. The van der Waals surface area contributed by atoms with Crippen LogP contribution in [-0.2, 0) is 17.8 Å². The number of carboxylic acids is 1. The predicted molar refractivity (Wildman–Crippen MR) is 159 cm³/mol. The maximum Gasteiger partial charge on any atom is 0.335 e. The van der Waals surface area contributed by atoms with Crippen LogP contribution in [0.25, 0.3) is 28.5 Å². The van der Waals surface area contributed by atoms with Gasteiger partial charge in [0, 0.05) is 24.3 Å². The van der Waals surface area contributed by atoms with E-state index in [9.17, 15) is 9.90 Å². The van der Waals surface area contributed by atoms with Crippen LogP contribution in [0.1, 0.15) is 33.7 Å². The number of pyridine rings is 1. The first kappa shape index (κ1) is 25.9. The average molecular weight is 550 g/mol. The molecular formula is C32H28N3O4P. The zero-order valence-corrected chi connectivity index (χ0v) is 22.9. The maximum absolute atomic E-state index is 11.6. The predicted octanol–water partition coefficient (Wildman–Crippen LogP) is 5.73. The van der Waals surface area contributed by atoms with Crippen molar-refractivity contribution >= 4 is 37.7 Å². The molecule has 40 heavy (non-hydrogen) atoms. The molecule has 1 N–H and O–H groups in total. The monoisotopic (exact) mass is 549 g/mol. The molecule has 8 heteroatoms. The van der Waals surface area contributed by atoms with Crippen molar-refractivity contribution in [3.63, 3.8) is 0 Å². The maximum atomic E-state index is 11.6. The third-order valence-corrected chi connectivity index (χ3v) is 7.51. The van der Waals surface area contributed by atoms with Crippen molar-refractivity contribution in [1.82, 2.24) is 14.5 Å². The molecule has 0 radical (unpaired) electrons. The minimum atomic E-state index is -0.957. The molecule has 1 unspecified atom stereocenters. The molecular weight excluding hydrogens is 521 g/mol. The number of carbonyl (C=O) groups is 1. The number of aromatic nitrogens is 3. The summed E-state index contributed by atoms with van der Waals surface area (Å²) in [6, 6.07) is 27.2. The molecule has 1 saturated heterocycles. The van der Waals surface area contributed by atoms with E-state index in [0.29, 0.717) is 32.1 Å². The van der Waals surface area contributed by atoms with Crippen LogP contribution < -0.4 is 10.0 Å². The van der Waals surface area contributed by atoms with Crippen molar-refractivity contribution in [2.24, 2.45) is 0 Å². The molecule has 7 nitrogen and oxygen atoms in total. The highest BCUT2D eigenvalue weighted by atomic mass is 31.0. The molecule has 3 aromatic carbocycles. The fraction of sp³-hybridized carbons (Fsp3) is 0.156. The molecule has 2 aromatic heterocycles. The van der Waals surface area contributed by atoms with Gasteiger partial charge in [0.15, 0.2) is 0 Å². The summed E-state index contributed by atoms with van der Waals surface area (Å²) in [5.41, 5.74) is 6.95. The fourth-order valence-electron chi connectivity index (χ4n) is 4.76. The van der Waals surface area contributed by atoms with Gasteiger partial charge in [-0.25, -0.2) is 14.8 Å². The van der Waals surface area contributed by atoms with Crippen LogP contribution in [0, 0.1) is 0 Å². The van der Waals surface area contributed by atoms with E-state index in [4.69, 9.17) is 19.4 Å². The van der Waals surface area contributed by atoms with Crippen molar-refractivity contribution in [2.75, 3.05) is 13.2 Å². The summed E-state index contributed by atoms with van der Waals surface area (Å²) >= 11 is 0. The summed E-state index contributed by atoms with van der Waals surface area (Å²) in [5.74, 6) is 0.460. The molecule has 1 fully saturated rings. The van der Waals surface area contributed by atoms with Crippen LogP contribution >= 0.6 is 9.24 Å². The van der Waals surface area contributed by atoms with E-state index in [1.807, 2.05) is 53.2 Å². The van der Waals surface area contributed by atoms with E-state index in [1.165, 1.54) is 0 Å². The topological polar surface area (TPSA) is 86.5 Å². The van der Waals surface area contributed by atoms with Gasteiger partial charge in [-0.05, 0) is 52.7 Å². The Bertz CT molecular complexity index is 1720. The number of hydrogen-bond donors (Lipinski definition) is 1. The average Bonchev–Trinajstić information content (AvgIpc) is 3.61. The Balaban J connectivity index is 1.24. The molecule has 0 aliphatic carbocycles. The van der Waals surface area contributed by atoms with Gasteiger partial charge in [0.05, 0.1) is 35.5 Å². The number of rotatable bonds is 8. The zero-order valence-electron chi connectivity index (χ0n) is 21.8. The lowest BCUT2D eigenvalue weighted by atomic mass is 10.1. The Kier molecular flexibility index (Phi) is 7.41. The molecule has 6 rings (SSSR count). The summed E-state index contributed by atoms with van der Waals surface area (Å²) in [6.45, 7) is 1.72. The molecule has 5 aromatic rings. The summed E-state index contributed by atoms with van der Waals surface area (Å²) in [7, 11) is 2.73. The van der Waals surface area contributed by atoms with Crippen molar-refractivity contribution in [1.29, 1.82) is 0 Å². The van der Waals surface area contributed by atoms with Crippen LogP contribution in [0.3, 0.4) is 0 Å². The Labute approximate surface area is 234 Å². The Hall–Kier alpha value is -4.32. The van der Waals surface area contributed by atoms with Crippen LogP contribution in [0.5, 0.6) is 5.88 Å². The van der Waals surface area contributed by atoms with Crippen molar-refractivity contribution < 1.29 is 19.4 Å². The highest BCUT2D eigenvalue weighted by Gasteiger charge is 2.15. The molecule has 0 bridgehead atoms. The summed E-state index contributed by atoms with van der Waals surface area (Å²) in [5, 5.41) is 10.6.